The van der Waals surface area contributed by atoms with E-state index in [1.807, 2.05) is 37.3 Å². The van der Waals surface area contributed by atoms with Crippen molar-refractivity contribution in [2.45, 2.75) is 38.8 Å². The maximum absolute atomic E-state index is 13.7. The molecule has 0 fully saturated rings. The average Bonchev–Trinajstić information content (AvgIpc) is 2.66. The third kappa shape index (κ3) is 6.40. The Labute approximate surface area is 158 Å². The van der Waals surface area contributed by atoms with E-state index in [1.165, 1.54) is 19.2 Å². The average molecular weight is 372 g/mol. The monoisotopic (exact) mass is 372 g/mol. The van der Waals surface area contributed by atoms with E-state index < -0.39 is 11.9 Å². The molecule has 0 saturated carbocycles. The van der Waals surface area contributed by atoms with E-state index in [-0.39, 0.29) is 30.5 Å². The normalized spacial score (nSPS) is 11.5. The van der Waals surface area contributed by atoms with Gasteiger partial charge in [0, 0.05) is 6.54 Å². The van der Waals surface area contributed by atoms with Crippen molar-refractivity contribution >= 4 is 11.8 Å². The summed E-state index contributed by atoms with van der Waals surface area (Å²) < 4.78 is 18.6. The molecule has 144 valence electrons. The molecular formula is C21H25FN2O3. The predicted octanol–water partition coefficient (Wildman–Crippen LogP) is 2.98. The topological polar surface area (TPSA) is 67.4 Å². The van der Waals surface area contributed by atoms with Gasteiger partial charge in [-0.15, -0.1) is 0 Å². The molecule has 2 aromatic carbocycles. The Bertz CT molecular complexity index is 765. The Morgan fingerprint density at radius 2 is 1.85 bits per heavy atom. The van der Waals surface area contributed by atoms with E-state index in [2.05, 4.69) is 10.6 Å². The Kier molecular flexibility index (Phi) is 7.79. The van der Waals surface area contributed by atoms with E-state index in [1.54, 1.807) is 6.07 Å². The number of hydrogen-bond acceptors (Lipinski definition) is 3. The van der Waals surface area contributed by atoms with Crippen molar-refractivity contribution in [3.63, 3.8) is 0 Å². The van der Waals surface area contributed by atoms with Crippen molar-refractivity contribution in [1.29, 1.82) is 0 Å². The molecule has 0 bridgehead atoms. The van der Waals surface area contributed by atoms with Gasteiger partial charge < -0.3 is 15.4 Å². The minimum atomic E-state index is -0.616. The number of ether oxygens (including phenoxy) is 1. The summed E-state index contributed by atoms with van der Waals surface area (Å²) in [6, 6.07) is 13.3. The first kappa shape index (κ1) is 20.4. The highest BCUT2D eigenvalue weighted by molar-refractivity contribution is 5.88. The third-order valence-electron chi connectivity index (χ3n) is 4.12. The molecule has 0 aromatic heterocycles. The zero-order valence-electron chi connectivity index (χ0n) is 15.6. The van der Waals surface area contributed by atoms with Crippen molar-refractivity contribution in [2.24, 2.45) is 0 Å². The molecule has 2 N–H and O–H groups in total. The van der Waals surface area contributed by atoms with Gasteiger partial charge in [-0.05, 0) is 29.7 Å². The van der Waals surface area contributed by atoms with Gasteiger partial charge in [-0.3, -0.25) is 9.59 Å². The molecule has 0 radical (unpaired) electrons. The van der Waals surface area contributed by atoms with Crippen molar-refractivity contribution < 1.29 is 18.7 Å². The van der Waals surface area contributed by atoms with Crippen LogP contribution in [0, 0.1) is 5.82 Å². The highest BCUT2D eigenvalue weighted by Crippen LogP contribution is 2.17. The number of rotatable bonds is 9. The van der Waals surface area contributed by atoms with Gasteiger partial charge in [0.25, 0.3) is 0 Å². The summed E-state index contributed by atoms with van der Waals surface area (Å²) in [5, 5.41) is 5.54. The van der Waals surface area contributed by atoms with Gasteiger partial charge >= 0.3 is 0 Å². The van der Waals surface area contributed by atoms with Crippen LogP contribution < -0.4 is 15.4 Å². The first-order valence-electron chi connectivity index (χ1n) is 8.97. The number of benzene rings is 2. The number of halogens is 1. The molecule has 1 unspecified atom stereocenters. The summed E-state index contributed by atoms with van der Waals surface area (Å²) in [6.07, 6.45) is 1.50. The quantitative estimate of drug-likeness (QED) is 0.711. The van der Waals surface area contributed by atoms with Crippen LogP contribution in [0.3, 0.4) is 0 Å². The fourth-order valence-corrected chi connectivity index (χ4v) is 2.72. The van der Waals surface area contributed by atoms with Gasteiger partial charge in [-0.1, -0.05) is 49.7 Å². The molecule has 2 aromatic rings. The van der Waals surface area contributed by atoms with Gasteiger partial charge in [0.05, 0.1) is 13.5 Å². The number of methoxy groups -OCH3 is 1. The molecular weight excluding hydrogens is 347 g/mol. The molecule has 0 heterocycles. The van der Waals surface area contributed by atoms with Crippen molar-refractivity contribution in [3.8, 4) is 5.75 Å². The molecule has 6 heteroatoms. The Balaban J connectivity index is 1.91. The largest absolute Gasteiger partial charge is 0.494 e. The second kappa shape index (κ2) is 10.3. The van der Waals surface area contributed by atoms with Crippen LogP contribution in [-0.2, 0) is 22.6 Å². The van der Waals surface area contributed by atoms with E-state index in [9.17, 15) is 14.0 Å². The molecule has 0 saturated heterocycles. The molecule has 0 aliphatic heterocycles. The van der Waals surface area contributed by atoms with E-state index in [0.717, 1.165) is 12.0 Å². The second-order valence-corrected chi connectivity index (χ2v) is 6.26. The van der Waals surface area contributed by atoms with Crippen LogP contribution in [0.25, 0.3) is 0 Å². The Morgan fingerprint density at radius 3 is 2.48 bits per heavy atom. The number of nitrogens with one attached hydrogen (secondary N) is 2. The lowest BCUT2D eigenvalue weighted by molar-refractivity contribution is -0.129. The fourth-order valence-electron chi connectivity index (χ4n) is 2.72. The highest BCUT2D eigenvalue weighted by atomic mass is 19.1. The zero-order chi connectivity index (χ0) is 19.6. The summed E-state index contributed by atoms with van der Waals surface area (Å²) in [4.78, 5) is 24.7. The number of amides is 2. The minimum absolute atomic E-state index is 0.155. The maximum Gasteiger partial charge on any atom is 0.242 e. The molecule has 0 spiro atoms. The molecule has 2 rings (SSSR count). The summed E-state index contributed by atoms with van der Waals surface area (Å²) in [7, 11) is 1.40. The third-order valence-corrected chi connectivity index (χ3v) is 4.12. The van der Waals surface area contributed by atoms with E-state index in [0.29, 0.717) is 12.0 Å². The lowest BCUT2D eigenvalue weighted by Gasteiger charge is -2.18. The summed E-state index contributed by atoms with van der Waals surface area (Å²) >= 11 is 0. The number of hydrogen-bond donors (Lipinski definition) is 2. The first-order chi connectivity index (χ1) is 13.0. The lowest BCUT2D eigenvalue weighted by Crippen LogP contribution is -2.46. The van der Waals surface area contributed by atoms with Gasteiger partial charge in [-0.25, -0.2) is 4.39 Å². The van der Waals surface area contributed by atoms with Crippen LogP contribution in [0.4, 0.5) is 4.39 Å². The molecule has 27 heavy (non-hydrogen) atoms. The lowest BCUT2D eigenvalue weighted by atomic mass is 10.1. The van der Waals surface area contributed by atoms with Crippen LogP contribution in [0.15, 0.2) is 48.5 Å². The van der Waals surface area contributed by atoms with Crippen LogP contribution in [0.5, 0.6) is 5.75 Å². The number of carbonyl (C=O) groups excluding carboxylic acids is 2. The smallest absolute Gasteiger partial charge is 0.242 e. The van der Waals surface area contributed by atoms with Crippen molar-refractivity contribution in [2.75, 3.05) is 7.11 Å². The van der Waals surface area contributed by atoms with Crippen LogP contribution >= 0.6 is 0 Å². The Hall–Kier alpha value is -2.89. The predicted molar refractivity (Wildman–Crippen MR) is 102 cm³/mol. The second-order valence-electron chi connectivity index (χ2n) is 6.26. The van der Waals surface area contributed by atoms with Crippen LogP contribution in [0.1, 0.15) is 30.9 Å². The van der Waals surface area contributed by atoms with E-state index in [4.69, 9.17) is 4.74 Å². The van der Waals surface area contributed by atoms with Gasteiger partial charge in [0.1, 0.15) is 6.04 Å². The summed E-state index contributed by atoms with van der Waals surface area (Å²) in [5.74, 6) is -0.813. The summed E-state index contributed by atoms with van der Waals surface area (Å²) in [5.41, 5.74) is 1.51. The summed E-state index contributed by atoms with van der Waals surface area (Å²) in [6.45, 7) is 2.12. The van der Waals surface area contributed by atoms with Gasteiger partial charge in [-0.2, -0.15) is 0 Å². The SMILES string of the molecule is CCCC(NC(=O)Cc1ccccc1)C(=O)NCc1ccc(OC)c(F)c1. The van der Waals surface area contributed by atoms with Crippen molar-refractivity contribution in [1.82, 2.24) is 10.6 Å². The Morgan fingerprint density at radius 1 is 1.11 bits per heavy atom. The van der Waals surface area contributed by atoms with Gasteiger partial charge in [0.15, 0.2) is 11.6 Å². The minimum Gasteiger partial charge on any atom is -0.494 e. The highest BCUT2D eigenvalue weighted by Gasteiger charge is 2.20. The molecule has 0 aliphatic carbocycles. The maximum atomic E-state index is 13.7. The fraction of sp³-hybridized carbons (Fsp3) is 0.333. The molecule has 1 atom stereocenters. The van der Waals surface area contributed by atoms with Gasteiger partial charge in [0.2, 0.25) is 11.8 Å². The molecule has 5 nitrogen and oxygen atoms in total. The standard InChI is InChI=1S/C21H25FN2O3/c1-3-7-18(24-20(25)13-15-8-5-4-6-9-15)21(26)23-14-16-10-11-19(27-2)17(22)12-16/h4-6,8-12,18H,3,7,13-14H2,1-2H3,(H,23,26)(H,24,25). The number of carbonyl (C=O) groups is 2. The first-order valence-corrected chi connectivity index (χ1v) is 8.97. The van der Waals surface area contributed by atoms with E-state index >= 15 is 0 Å². The van der Waals surface area contributed by atoms with Crippen molar-refractivity contribution in [3.05, 3.63) is 65.5 Å². The molecule has 0 aliphatic rings. The zero-order valence-corrected chi connectivity index (χ0v) is 15.6. The molecule has 2 amide bonds. The van der Waals surface area contributed by atoms with Crippen LogP contribution in [-0.4, -0.2) is 25.0 Å². The van der Waals surface area contributed by atoms with Crippen LogP contribution in [0.2, 0.25) is 0 Å².